The van der Waals surface area contributed by atoms with Crippen molar-refractivity contribution in [2.75, 3.05) is 29.0 Å². The van der Waals surface area contributed by atoms with Gasteiger partial charge in [0.15, 0.2) is 0 Å². The minimum Gasteiger partial charge on any atom is -0.352 e. The van der Waals surface area contributed by atoms with E-state index in [4.69, 9.17) is 0 Å². The molecule has 0 unspecified atom stereocenters. The van der Waals surface area contributed by atoms with E-state index >= 15 is 0 Å². The summed E-state index contributed by atoms with van der Waals surface area (Å²) >= 11 is 0. The third-order valence-corrected chi connectivity index (χ3v) is 6.67. The lowest BCUT2D eigenvalue weighted by Crippen LogP contribution is -2.31. The molecule has 35 heavy (non-hydrogen) atoms. The Morgan fingerprint density at radius 3 is 2.23 bits per heavy atom. The van der Waals surface area contributed by atoms with Crippen molar-refractivity contribution in [1.29, 1.82) is 0 Å². The molecule has 0 heterocycles. The Hall–Kier alpha value is -3.65. The molecule has 0 saturated heterocycles. The topological polar surface area (TPSA) is 95.6 Å². The van der Waals surface area contributed by atoms with Crippen molar-refractivity contribution < 1.29 is 18.0 Å². The summed E-state index contributed by atoms with van der Waals surface area (Å²) in [5.74, 6) is -0.550. The molecule has 0 aliphatic heterocycles. The normalized spacial score (nSPS) is 11.0. The Balaban J connectivity index is 1.55. The number of para-hydroxylation sites is 1. The van der Waals surface area contributed by atoms with E-state index in [0.29, 0.717) is 36.3 Å². The van der Waals surface area contributed by atoms with Crippen LogP contribution in [-0.4, -0.2) is 39.6 Å². The SMILES string of the molecule is Cc1ccc(N(CCCC(=O)Nc2ccccc2C(=O)NCCc2ccccc2)S(C)(=O)=O)cc1. The van der Waals surface area contributed by atoms with Crippen LogP contribution in [0.4, 0.5) is 11.4 Å². The fraction of sp³-hybridized carbons (Fsp3) is 0.259. The minimum atomic E-state index is -3.49. The van der Waals surface area contributed by atoms with Crippen LogP contribution in [0.3, 0.4) is 0 Å². The van der Waals surface area contributed by atoms with Crippen LogP contribution in [0.1, 0.15) is 34.3 Å². The number of nitrogens with zero attached hydrogens (tertiary/aromatic N) is 1. The average molecular weight is 494 g/mol. The second-order valence-corrected chi connectivity index (χ2v) is 10.3. The van der Waals surface area contributed by atoms with Gasteiger partial charge in [-0.15, -0.1) is 0 Å². The molecule has 3 aromatic carbocycles. The summed E-state index contributed by atoms with van der Waals surface area (Å²) in [6.07, 6.45) is 2.30. The van der Waals surface area contributed by atoms with Crippen molar-refractivity contribution >= 4 is 33.2 Å². The van der Waals surface area contributed by atoms with E-state index in [1.807, 2.05) is 49.4 Å². The zero-order valence-corrected chi connectivity index (χ0v) is 20.8. The fourth-order valence-corrected chi connectivity index (χ4v) is 4.61. The van der Waals surface area contributed by atoms with Crippen LogP contribution in [0.15, 0.2) is 78.9 Å². The van der Waals surface area contributed by atoms with Gasteiger partial charge >= 0.3 is 0 Å². The standard InChI is InChI=1S/C27H31N3O4S/c1-21-14-16-23(17-15-21)30(35(2,33)34)20-8-13-26(31)29-25-12-7-6-11-24(25)27(32)28-19-18-22-9-4-3-5-10-22/h3-7,9-12,14-17H,8,13,18-20H2,1-2H3,(H,28,32)(H,29,31). The third-order valence-electron chi connectivity index (χ3n) is 5.48. The highest BCUT2D eigenvalue weighted by Crippen LogP contribution is 2.20. The zero-order chi connectivity index (χ0) is 25.3. The minimum absolute atomic E-state index is 0.113. The van der Waals surface area contributed by atoms with E-state index in [9.17, 15) is 18.0 Å². The van der Waals surface area contributed by atoms with Crippen LogP contribution < -0.4 is 14.9 Å². The molecule has 3 aromatic rings. The summed E-state index contributed by atoms with van der Waals surface area (Å²) in [7, 11) is -3.49. The first kappa shape index (κ1) is 26.0. The van der Waals surface area contributed by atoms with Gasteiger partial charge in [0.25, 0.3) is 5.91 Å². The second kappa shape index (κ2) is 12.2. The molecule has 0 aliphatic rings. The van der Waals surface area contributed by atoms with Crippen molar-refractivity contribution in [3.05, 3.63) is 95.6 Å². The highest BCUT2D eigenvalue weighted by Gasteiger charge is 2.18. The van der Waals surface area contributed by atoms with E-state index in [-0.39, 0.29) is 24.8 Å². The number of carbonyl (C=O) groups excluding carboxylic acids is 2. The zero-order valence-electron chi connectivity index (χ0n) is 20.0. The maximum absolute atomic E-state index is 12.7. The molecule has 184 valence electrons. The number of hydrogen-bond donors (Lipinski definition) is 2. The van der Waals surface area contributed by atoms with Gasteiger partial charge in [0, 0.05) is 19.5 Å². The smallest absolute Gasteiger partial charge is 0.253 e. The second-order valence-electron chi connectivity index (χ2n) is 8.36. The summed E-state index contributed by atoms with van der Waals surface area (Å²) in [5, 5.41) is 5.69. The van der Waals surface area contributed by atoms with Gasteiger partial charge in [0.05, 0.1) is 23.2 Å². The van der Waals surface area contributed by atoms with Gasteiger partial charge in [-0.3, -0.25) is 13.9 Å². The van der Waals surface area contributed by atoms with Crippen LogP contribution >= 0.6 is 0 Å². The van der Waals surface area contributed by atoms with E-state index in [0.717, 1.165) is 17.4 Å². The summed E-state index contributed by atoms with van der Waals surface area (Å²) in [6.45, 7) is 2.59. The lowest BCUT2D eigenvalue weighted by Gasteiger charge is -2.22. The molecule has 0 aliphatic carbocycles. The number of amides is 2. The van der Waals surface area contributed by atoms with Gasteiger partial charge in [0.1, 0.15) is 0 Å². The molecule has 3 rings (SSSR count). The third kappa shape index (κ3) is 7.96. The summed E-state index contributed by atoms with van der Waals surface area (Å²) in [5.41, 5.74) is 3.53. The lowest BCUT2D eigenvalue weighted by atomic mass is 10.1. The summed E-state index contributed by atoms with van der Waals surface area (Å²) in [6, 6.07) is 23.9. The Morgan fingerprint density at radius 1 is 0.886 bits per heavy atom. The van der Waals surface area contributed by atoms with E-state index in [1.165, 1.54) is 4.31 Å². The molecule has 0 aromatic heterocycles. The van der Waals surface area contributed by atoms with Crippen LogP contribution in [0, 0.1) is 6.92 Å². The molecular formula is C27H31N3O4S. The number of sulfonamides is 1. The van der Waals surface area contributed by atoms with Gasteiger partial charge in [-0.1, -0.05) is 60.2 Å². The lowest BCUT2D eigenvalue weighted by molar-refractivity contribution is -0.116. The Labute approximate surface area is 207 Å². The van der Waals surface area contributed by atoms with Crippen LogP contribution in [-0.2, 0) is 21.2 Å². The first-order chi connectivity index (χ1) is 16.7. The van der Waals surface area contributed by atoms with Gasteiger partial charge in [-0.05, 0) is 49.6 Å². The first-order valence-corrected chi connectivity index (χ1v) is 13.3. The number of rotatable bonds is 11. The predicted molar refractivity (Wildman–Crippen MR) is 140 cm³/mol. The number of hydrogen-bond acceptors (Lipinski definition) is 4. The monoisotopic (exact) mass is 493 g/mol. The van der Waals surface area contributed by atoms with Crippen LogP contribution in [0.2, 0.25) is 0 Å². The van der Waals surface area contributed by atoms with Crippen LogP contribution in [0.5, 0.6) is 0 Å². The molecule has 0 spiro atoms. The molecule has 0 saturated carbocycles. The number of aryl methyl sites for hydroxylation is 1. The molecule has 2 N–H and O–H groups in total. The summed E-state index contributed by atoms with van der Waals surface area (Å²) < 4.78 is 25.8. The molecule has 7 nitrogen and oxygen atoms in total. The van der Waals surface area contributed by atoms with Crippen molar-refractivity contribution in [2.45, 2.75) is 26.2 Å². The van der Waals surface area contributed by atoms with Crippen molar-refractivity contribution in [1.82, 2.24) is 5.32 Å². The van der Waals surface area contributed by atoms with Gasteiger partial charge in [-0.2, -0.15) is 0 Å². The molecule has 8 heteroatoms. The predicted octanol–water partition coefficient (Wildman–Crippen LogP) is 4.15. The van der Waals surface area contributed by atoms with Gasteiger partial charge < -0.3 is 10.6 Å². The molecule has 0 atom stereocenters. The maximum Gasteiger partial charge on any atom is 0.253 e. The number of nitrogens with one attached hydrogen (secondary N) is 2. The van der Waals surface area contributed by atoms with Gasteiger partial charge in [-0.25, -0.2) is 8.42 Å². The van der Waals surface area contributed by atoms with Crippen molar-refractivity contribution in [2.24, 2.45) is 0 Å². The quantitative estimate of drug-likeness (QED) is 0.419. The van der Waals surface area contributed by atoms with Crippen molar-refractivity contribution in [3.8, 4) is 0 Å². The Bertz CT molecular complexity index is 1240. The molecule has 0 fully saturated rings. The Morgan fingerprint density at radius 2 is 1.54 bits per heavy atom. The largest absolute Gasteiger partial charge is 0.352 e. The number of benzene rings is 3. The number of anilines is 2. The Kier molecular flexibility index (Phi) is 9.03. The van der Waals surface area contributed by atoms with E-state index < -0.39 is 10.0 Å². The molecule has 2 amide bonds. The van der Waals surface area contributed by atoms with E-state index in [2.05, 4.69) is 10.6 Å². The molecule has 0 bridgehead atoms. The highest BCUT2D eigenvalue weighted by molar-refractivity contribution is 7.92. The maximum atomic E-state index is 12.7. The highest BCUT2D eigenvalue weighted by atomic mass is 32.2. The summed E-state index contributed by atoms with van der Waals surface area (Å²) in [4.78, 5) is 25.3. The molecular weight excluding hydrogens is 462 g/mol. The molecule has 0 radical (unpaired) electrons. The number of carbonyl (C=O) groups is 2. The van der Waals surface area contributed by atoms with Gasteiger partial charge in [0.2, 0.25) is 15.9 Å². The van der Waals surface area contributed by atoms with Crippen molar-refractivity contribution in [3.63, 3.8) is 0 Å². The fourth-order valence-electron chi connectivity index (χ4n) is 3.64. The van der Waals surface area contributed by atoms with E-state index in [1.54, 1.807) is 36.4 Å². The first-order valence-electron chi connectivity index (χ1n) is 11.5. The van der Waals surface area contributed by atoms with Crippen LogP contribution in [0.25, 0.3) is 0 Å². The average Bonchev–Trinajstić information content (AvgIpc) is 2.83.